The van der Waals surface area contributed by atoms with Gasteiger partial charge in [0.15, 0.2) is 11.5 Å². The Morgan fingerprint density at radius 1 is 0.932 bits per heavy atom. The summed E-state index contributed by atoms with van der Waals surface area (Å²) in [5.41, 5.74) is 2.97. The van der Waals surface area contributed by atoms with Crippen LogP contribution in [0.3, 0.4) is 0 Å². The molecule has 1 aliphatic carbocycles. The van der Waals surface area contributed by atoms with E-state index in [9.17, 15) is 19.2 Å². The zero-order chi connectivity index (χ0) is 32.1. The fourth-order valence-electron chi connectivity index (χ4n) is 6.21. The third-order valence-corrected chi connectivity index (χ3v) is 8.50. The number of amides is 2. The Morgan fingerprint density at radius 3 is 2.18 bits per heavy atom. The first-order chi connectivity index (χ1) is 21.0. The van der Waals surface area contributed by atoms with Gasteiger partial charge in [0.1, 0.15) is 6.04 Å². The van der Waals surface area contributed by atoms with E-state index >= 15 is 0 Å². The molecule has 2 atom stereocenters. The van der Waals surface area contributed by atoms with Crippen LogP contribution in [0.2, 0.25) is 0 Å². The van der Waals surface area contributed by atoms with E-state index in [4.69, 9.17) is 18.9 Å². The normalized spacial score (nSPS) is 17.0. The minimum absolute atomic E-state index is 0.129. The Morgan fingerprint density at radius 2 is 1.61 bits per heavy atom. The maximum absolute atomic E-state index is 13.8. The van der Waals surface area contributed by atoms with Crippen LogP contribution in [0.15, 0.2) is 29.1 Å². The van der Waals surface area contributed by atoms with E-state index < -0.39 is 12.1 Å². The summed E-state index contributed by atoms with van der Waals surface area (Å²) in [6, 6.07) is 5.84. The van der Waals surface area contributed by atoms with E-state index in [0.717, 1.165) is 11.1 Å². The molecule has 2 aromatic rings. The number of rotatable bonds is 9. The quantitative estimate of drug-likeness (QED) is 0.408. The van der Waals surface area contributed by atoms with Gasteiger partial charge >= 0.3 is 5.97 Å². The number of ether oxygens (including phenoxy) is 4. The summed E-state index contributed by atoms with van der Waals surface area (Å²) in [7, 11) is 6.02. The van der Waals surface area contributed by atoms with Gasteiger partial charge in [0.05, 0.1) is 46.1 Å². The Balaban J connectivity index is 1.78. The molecule has 0 aromatic heterocycles. The predicted molar refractivity (Wildman–Crippen MR) is 166 cm³/mol. The third-order valence-electron chi connectivity index (χ3n) is 8.50. The van der Waals surface area contributed by atoms with Gasteiger partial charge in [-0.05, 0) is 66.5 Å². The topological polar surface area (TPSA) is 132 Å². The van der Waals surface area contributed by atoms with E-state index in [-0.39, 0.29) is 40.7 Å². The molecule has 1 aliphatic heterocycles. The molecule has 0 saturated carbocycles. The van der Waals surface area contributed by atoms with Crippen LogP contribution in [0.25, 0.3) is 11.1 Å². The molecule has 0 bridgehead atoms. The van der Waals surface area contributed by atoms with Crippen molar-refractivity contribution in [3.8, 4) is 28.4 Å². The van der Waals surface area contributed by atoms with Gasteiger partial charge < -0.3 is 34.5 Å². The fraction of sp³-hybridized carbons (Fsp3) is 0.515. The smallest absolute Gasteiger partial charge is 0.308 e. The second-order valence-electron chi connectivity index (χ2n) is 11.6. The number of piperidine rings is 1. The van der Waals surface area contributed by atoms with Gasteiger partial charge in [-0.25, -0.2) is 0 Å². The second kappa shape index (κ2) is 14.0. The standard InChI is InChI=1S/C33H43N3O8/c1-18(2)29(32(39)36-14-12-20(13-15-36)33(40)44-7)35-25-11-9-22-23(17-26(25)38)24(34-19(3)37)10-8-21-16-27(41-4)30(42-5)31(43-6)28(21)22/h9,11,16-18,20,24,29H,8,10,12-15H2,1-7H3,(H,34,37)(H,35,38)/t24-,29-/m1/s1. The van der Waals surface area contributed by atoms with Gasteiger partial charge in [0, 0.05) is 25.6 Å². The number of anilines is 1. The zero-order valence-electron chi connectivity index (χ0n) is 26.6. The fourth-order valence-corrected chi connectivity index (χ4v) is 6.21. The Hall–Kier alpha value is -4.28. The van der Waals surface area contributed by atoms with Gasteiger partial charge in [0.25, 0.3) is 0 Å². The maximum atomic E-state index is 13.8. The summed E-state index contributed by atoms with van der Waals surface area (Å²) < 4.78 is 22.0. The average Bonchev–Trinajstić information content (AvgIpc) is 3.26. The highest BCUT2D eigenvalue weighted by molar-refractivity contribution is 5.86. The van der Waals surface area contributed by atoms with E-state index in [1.807, 2.05) is 26.0 Å². The molecular formula is C33H43N3O8. The SMILES string of the molecule is COC(=O)C1CCN(C(=O)[C@H](Nc2ccc3c(cc2=O)[C@H](NC(C)=O)CCc2cc(OC)c(OC)c(OC)c2-3)C(C)C)CC1. The molecule has 1 saturated heterocycles. The highest BCUT2D eigenvalue weighted by Gasteiger charge is 2.34. The van der Waals surface area contributed by atoms with E-state index in [1.165, 1.54) is 27.2 Å². The summed E-state index contributed by atoms with van der Waals surface area (Å²) in [4.78, 5) is 53.5. The van der Waals surface area contributed by atoms with E-state index in [0.29, 0.717) is 67.1 Å². The number of esters is 1. The van der Waals surface area contributed by atoms with Gasteiger partial charge in [-0.1, -0.05) is 19.9 Å². The lowest BCUT2D eigenvalue weighted by Crippen LogP contribution is -2.49. The molecule has 0 radical (unpaired) electrons. The number of hydrogen-bond acceptors (Lipinski definition) is 9. The van der Waals surface area contributed by atoms with Crippen molar-refractivity contribution in [1.82, 2.24) is 10.2 Å². The molecule has 2 amide bonds. The van der Waals surface area contributed by atoms with E-state index in [2.05, 4.69) is 10.6 Å². The number of benzene rings is 1. The number of nitrogens with one attached hydrogen (secondary N) is 2. The van der Waals surface area contributed by atoms with Crippen molar-refractivity contribution in [1.29, 1.82) is 0 Å². The maximum Gasteiger partial charge on any atom is 0.308 e. The average molecular weight is 610 g/mol. The van der Waals surface area contributed by atoms with Crippen molar-refractivity contribution in [2.24, 2.45) is 11.8 Å². The van der Waals surface area contributed by atoms with Crippen LogP contribution in [0.1, 0.15) is 57.2 Å². The molecule has 11 nitrogen and oxygen atoms in total. The molecule has 0 spiro atoms. The van der Waals surface area contributed by atoms with Crippen molar-refractivity contribution < 1.29 is 33.3 Å². The Bertz CT molecular complexity index is 1470. The lowest BCUT2D eigenvalue weighted by molar-refractivity contribution is -0.149. The van der Waals surface area contributed by atoms with Gasteiger partial charge in [-0.15, -0.1) is 0 Å². The van der Waals surface area contributed by atoms with Crippen molar-refractivity contribution in [3.05, 3.63) is 45.6 Å². The minimum Gasteiger partial charge on any atom is -0.493 e. The number of aryl methyl sites for hydroxylation is 1. The molecular weight excluding hydrogens is 566 g/mol. The number of carbonyl (C=O) groups excluding carboxylic acids is 3. The van der Waals surface area contributed by atoms with Crippen LogP contribution in [-0.2, 0) is 25.5 Å². The van der Waals surface area contributed by atoms with Gasteiger partial charge in [-0.2, -0.15) is 0 Å². The number of nitrogens with zero attached hydrogens (tertiary/aromatic N) is 1. The first-order valence-electron chi connectivity index (χ1n) is 14.9. The molecule has 44 heavy (non-hydrogen) atoms. The van der Waals surface area contributed by atoms with Crippen LogP contribution < -0.4 is 30.3 Å². The van der Waals surface area contributed by atoms with Crippen LogP contribution in [0.4, 0.5) is 5.69 Å². The van der Waals surface area contributed by atoms with Crippen molar-refractivity contribution in [3.63, 3.8) is 0 Å². The van der Waals surface area contributed by atoms with Crippen LogP contribution in [0, 0.1) is 11.8 Å². The first kappa shape index (κ1) is 32.6. The molecule has 4 rings (SSSR count). The van der Waals surface area contributed by atoms with Crippen LogP contribution >= 0.6 is 0 Å². The highest BCUT2D eigenvalue weighted by atomic mass is 16.5. The summed E-state index contributed by atoms with van der Waals surface area (Å²) in [5, 5.41) is 6.25. The highest BCUT2D eigenvalue weighted by Crippen LogP contribution is 2.50. The van der Waals surface area contributed by atoms with Gasteiger partial charge in [0.2, 0.25) is 23.0 Å². The molecule has 2 N–H and O–H groups in total. The molecule has 2 aromatic carbocycles. The molecule has 11 heteroatoms. The van der Waals surface area contributed by atoms with Crippen molar-refractivity contribution in [2.75, 3.05) is 46.8 Å². The number of methoxy groups -OCH3 is 4. The van der Waals surface area contributed by atoms with Gasteiger partial charge in [-0.3, -0.25) is 19.2 Å². The summed E-state index contributed by atoms with van der Waals surface area (Å²) in [5.74, 6) is 0.452. The number of fused-ring (bicyclic) bond motifs is 3. The molecule has 2 aliphatic rings. The lowest BCUT2D eigenvalue weighted by Gasteiger charge is -2.34. The first-order valence-corrected chi connectivity index (χ1v) is 14.9. The molecule has 0 unspecified atom stereocenters. The monoisotopic (exact) mass is 609 g/mol. The Labute approximate surface area is 258 Å². The molecule has 1 heterocycles. The number of likely N-dealkylation sites (tertiary alicyclic amines) is 1. The van der Waals surface area contributed by atoms with Crippen LogP contribution in [-0.4, -0.2) is 70.3 Å². The summed E-state index contributed by atoms with van der Waals surface area (Å²) >= 11 is 0. The third kappa shape index (κ3) is 6.61. The van der Waals surface area contributed by atoms with E-state index in [1.54, 1.807) is 25.2 Å². The summed E-state index contributed by atoms with van der Waals surface area (Å²) in [6.07, 6.45) is 2.19. The largest absolute Gasteiger partial charge is 0.493 e. The minimum atomic E-state index is -0.670. The van der Waals surface area contributed by atoms with Crippen molar-refractivity contribution in [2.45, 2.75) is 58.5 Å². The predicted octanol–water partition coefficient (Wildman–Crippen LogP) is 3.71. The lowest BCUT2D eigenvalue weighted by atomic mass is 9.95. The van der Waals surface area contributed by atoms with Crippen molar-refractivity contribution >= 4 is 23.5 Å². The second-order valence-corrected chi connectivity index (χ2v) is 11.6. The zero-order valence-corrected chi connectivity index (χ0v) is 26.6. The number of hydrogen-bond donors (Lipinski definition) is 2. The molecule has 238 valence electrons. The molecule has 1 fully saturated rings. The van der Waals surface area contributed by atoms with Crippen LogP contribution in [0.5, 0.6) is 17.2 Å². The summed E-state index contributed by atoms with van der Waals surface area (Å²) in [6.45, 7) is 6.17. The number of carbonyl (C=O) groups is 3. The Kier molecular flexibility index (Phi) is 10.4.